The molecule has 2 N–H and O–H groups in total. The summed E-state index contributed by atoms with van der Waals surface area (Å²) < 4.78 is 7.75. The zero-order valence-corrected chi connectivity index (χ0v) is 12.0. The molecule has 0 spiro atoms. The zero-order chi connectivity index (χ0) is 13.9. The standard InChI is InChI=1S/C15H22N4O/c1-2-12-11-20-10-9-18(12)15-13(6-7-16)19-8-4-3-5-14(19)17-15/h3-5,8,12H,2,6-7,9-11,16H2,1H3. The maximum Gasteiger partial charge on any atom is 0.151 e. The van der Waals surface area contributed by atoms with Gasteiger partial charge in [0.25, 0.3) is 0 Å². The smallest absolute Gasteiger partial charge is 0.151 e. The molecule has 0 amide bonds. The topological polar surface area (TPSA) is 55.8 Å². The van der Waals surface area contributed by atoms with Crippen molar-refractivity contribution >= 4 is 11.5 Å². The number of aromatic nitrogens is 2. The van der Waals surface area contributed by atoms with Gasteiger partial charge in [-0.1, -0.05) is 13.0 Å². The van der Waals surface area contributed by atoms with Crippen molar-refractivity contribution in [1.29, 1.82) is 0 Å². The number of imidazole rings is 1. The first kappa shape index (κ1) is 13.4. The fourth-order valence-electron chi connectivity index (χ4n) is 2.91. The molecule has 1 aliphatic rings. The molecule has 1 unspecified atom stereocenters. The van der Waals surface area contributed by atoms with Gasteiger partial charge in [0, 0.05) is 19.2 Å². The molecule has 1 atom stereocenters. The van der Waals surface area contributed by atoms with E-state index in [0.29, 0.717) is 12.6 Å². The van der Waals surface area contributed by atoms with Gasteiger partial charge < -0.3 is 19.8 Å². The minimum atomic E-state index is 0.408. The van der Waals surface area contributed by atoms with Gasteiger partial charge in [-0.2, -0.15) is 0 Å². The highest BCUT2D eigenvalue weighted by atomic mass is 16.5. The highest BCUT2D eigenvalue weighted by molar-refractivity contribution is 5.57. The van der Waals surface area contributed by atoms with Gasteiger partial charge in [-0.15, -0.1) is 0 Å². The van der Waals surface area contributed by atoms with E-state index in [9.17, 15) is 0 Å². The summed E-state index contributed by atoms with van der Waals surface area (Å²) in [6.45, 7) is 5.29. The maximum atomic E-state index is 5.79. The highest BCUT2D eigenvalue weighted by Gasteiger charge is 2.26. The van der Waals surface area contributed by atoms with Crippen molar-refractivity contribution in [1.82, 2.24) is 9.38 Å². The molecule has 2 aromatic rings. The van der Waals surface area contributed by atoms with Gasteiger partial charge in [0.15, 0.2) is 5.82 Å². The van der Waals surface area contributed by atoms with Gasteiger partial charge in [0.05, 0.1) is 24.9 Å². The lowest BCUT2D eigenvalue weighted by molar-refractivity contribution is 0.0925. The number of ether oxygens (including phenoxy) is 1. The van der Waals surface area contributed by atoms with Gasteiger partial charge in [-0.3, -0.25) is 0 Å². The summed E-state index contributed by atoms with van der Waals surface area (Å²) in [5.74, 6) is 1.08. The Bertz CT molecular complexity index is 580. The second-order valence-electron chi connectivity index (χ2n) is 5.18. The molecule has 20 heavy (non-hydrogen) atoms. The molecule has 1 fully saturated rings. The first-order valence-corrected chi connectivity index (χ1v) is 7.35. The van der Waals surface area contributed by atoms with Gasteiger partial charge in [0.2, 0.25) is 0 Å². The molecule has 0 radical (unpaired) electrons. The zero-order valence-electron chi connectivity index (χ0n) is 12.0. The molecule has 0 bridgehead atoms. The molecular formula is C15H22N4O. The van der Waals surface area contributed by atoms with E-state index in [4.69, 9.17) is 15.5 Å². The third-order valence-electron chi connectivity index (χ3n) is 3.96. The Morgan fingerprint density at radius 3 is 3.15 bits per heavy atom. The number of fused-ring (bicyclic) bond motifs is 1. The van der Waals surface area contributed by atoms with E-state index in [0.717, 1.165) is 44.1 Å². The molecule has 0 aromatic carbocycles. The predicted octanol–water partition coefficient (Wildman–Crippen LogP) is 1.45. The van der Waals surface area contributed by atoms with Crippen LogP contribution in [0.4, 0.5) is 5.82 Å². The molecule has 5 heteroatoms. The second kappa shape index (κ2) is 5.81. The highest BCUT2D eigenvalue weighted by Crippen LogP contribution is 2.26. The first-order valence-electron chi connectivity index (χ1n) is 7.35. The summed E-state index contributed by atoms with van der Waals surface area (Å²) in [5, 5.41) is 0. The van der Waals surface area contributed by atoms with Crippen LogP contribution in [0.5, 0.6) is 0 Å². The van der Waals surface area contributed by atoms with Crippen LogP contribution in [0.2, 0.25) is 0 Å². The quantitative estimate of drug-likeness (QED) is 0.917. The van der Waals surface area contributed by atoms with E-state index in [2.05, 4.69) is 22.4 Å². The Kier molecular flexibility index (Phi) is 3.89. The van der Waals surface area contributed by atoms with E-state index in [-0.39, 0.29) is 0 Å². The van der Waals surface area contributed by atoms with Crippen LogP contribution in [0, 0.1) is 0 Å². The Morgan fingerprint density at radius 1 is 1.45 bits per heavy atom. The average Bonchev–Trinajstić information content (AvgIpc) is 2.86. The molecule has 2 aromatic heterocycles. The summed E-state index contributed by atoms with van der Waals surface area (Å²) in [6.07, 6.45) is 3.97. The molecule has 5 nitrogen and oxygen atoms in total. The van der Waals surface area contributed by atoms with Crippen LogP contribution in [-0.2, 0) is 11.2 Å². The minimum Gasteiger partial charge on any atom is -0.377 e. The Labute approximate surface area is 119 Å². The van der Waals surface area contributed by atoms with E-state index in [1.807, 2.05) is 18.2 Å². The van der Waals surface area contributed by atoms with Crippen LogP contribution in [0.15, 0.2) is 24.4 Å². The fourth-order valence-corrected chi connectivity index (χ4v) is 2.91. The summed E-state index contributed by atoms with van der Waals surface area (Å²) in [7, 11) is 0. The molecule has 1 aliphatic heterocycles. The summed E-state index contributed by atoms with van der Waals surface area (Å²) in [6, 6.07) is 6.51. The van der Waals surface area contributed by atoms with Crippen LogP contribution >= 0.6 is 0 Å². The van der Waals surface area contributed by atoms with Crippen LogP contribution in [-0.4, -0.2) is 41.7 Å². The number of nitrogens with zero attached hydrogens (tertiary/aromatic N) is 3. The van der Waals surface area contributed by atoms with E-state index in [1.165, 1.54) is 5.69 Å². The minimum absolute atomic E-state index is 0.408. The Hall–Kier alpha value is -1.59. The molecule has 3 rings (SSSR count). The summed E-state index contributed by atoms with van der Waals surface area (Å²) in [5.41, 5.74) is 8.00. The van der Waals surface area contributed by atoms with Crippen LogP contribution < -0.4 is 10.6 Å². The third-order valence-corrected chi connectivity index (χ3v) is 3.96. The molecular weight excluding hydrogens is 252 g/mol. The van der Waals surface area contributed by atoms with Crippen molar-refractivity contribution in [3.63, 3.8) is 0 Å². The predicted molar refractivity (Wildman–Crippen MR) is 80.2 cm³/mol. The molecule has 108 valence electrons. The number of rotatable bonds is 4. The monoisotopic (exact) mass is 274 g/mol. The van der Waals surface area contributed by atoms with Crippen LogP contribution in [0.1, 0.15) is 19.0 Å². The normalized spacial score (nSPS) is 19.7. The Morgan fingerprint density at radius 2 is 2.35 bits per heavy atom. The van der Waals surface area contributed by atoms with Gasteiger partial charge >= 0.3 is 0 Å². The lowest BCUT2D eigenvalue weighted by Gasteiger charge is -2.36. The third kappa shape index (κ3) is 2.27. The molecule has 3 heterocycles. The lowest BCUT2D eigenvalue weighted by atomic mass is 10.1. The van der Waals surface area contributed by atoms with Crippen molar-refractivity contribution in [2.24, 2.45) is 5.73 Å². The number of pyridine rings is 1. The lowest BCUT2D eigenvalue weighted by Crippen LogP contribution is -2.45. The van der Waals surface area contributed by atoms with Crippen molar-refractivity contribution < 1.29 is 4.74 Å². The molecule has 1 saturated heterocycles. The van der Waals surface area contributed by atoms with Crippen LogP contribution in [0.3, 0.4) is 0 Å². The second-order valence-corrected chi connectivity index (χ2v) is 5.18. The molecule has 0 saturated carbocycles. The van der Waals surface area contributed by atoms with Crippen molar-refractivity contribution in [2.75, 3.05) is 31.2 Å². The first-order chi connectivity index (χ1) is 9.85. The van der Waals surface area contributed by atoms with E-state index in [1.54, 1.807) is 0 Å². The summed E-state index contributed by atoms with van der Waals surface area (Å²) in [4.78, 5) is 7.22. The van der Waals surface area contributed by atoms with Gasteiger partial charge in [-0.25, -0.2) is 4.98 Å². The molecule has 0 aliphatic carbocycles. The number of morpholine rings is 1. The SMILES string of the molecule is CCC1COCCN1c1nc2ccccn2c1CCN. The van der Waals surface area contributed by atoms with Crippen LogP contribution in [0.25, 0.3) is 5.65 Å². The average molecular weight is 274 g/mol. The number of hydrogen-bond donors (Lipinski definition) is 1. The largest absolute Gasteiger partial charge is 0.377 e. The maximum absolute atomic E-state index is 5.79. The van der Waals surface area contributed by atoms with E-state index >= 15 is 0 Å². The number of nitrogens with two attached hydrogens (primary N) is 1. The van der Waals surface area contributed by atoms with Crippen molar-refractivity contribution in [2.45, 2.75) is 25.8 Å². The van der Waals surface area contributed by atoms with E-state index < -0.39 is 0 Å². The summed E-state index contributed by atoms with van der Waals surface area (Å²) >= 11 is 0. The number of hydrogen-bond acceptors (Lipinski definition) is 4. The fraction of sp³-hybridized carbons (Fsp3) is 0.533. The van der Waals surface area contributed by atoms with Gasteiger partial charge in [-0.05, 0) is 25.1 Å². The van der Waals surface area contributed by atoms with Crippen molar-refractivity contribution in [3.8, 4) is 0 Å². The van der Waals surface area contributed by atoms with Gasteiger partial charge in [0.1, 0.15) is 5.65 Å². The van der Waals surface area contributed by atoms with Crippen molar-refractivity contribution in [3.05, 3.63) is 30.1 Å². The Balaban J connectivity index is 2.06. The number of anilines is 1.